The number of nitrogens with one attached hydrogen (secondary N) is 1. The van der Waals surface area contributed by atoms with Crippen LogP contribution in [0.2, 0.25) is 10.0 Å². The maximum atomic E-state index is 5.94. The zero-order valence-electron chi connectivity index (χ0n) is 7.12. The number of rotatable bonds is 1. The lowest BCUT2D eigenvalue weighted by Gasteiger charge is -2.06. The molecule has 0 fully saturated rings. The van der Waals surface area contributed by atoms with E-state index in [4.69, 9.17) is 41.2 Å². The molecular weight excluding hydrogens is 259 g/mol. The van der Waals surface area contributed by atoms with Crippen LogP contribution in [-0.2, 0) is 0 Å². The number of nitrogens with two attached hydrogens (primary N) is 1. The van der Waals surface area contributed by atoms with Gasteiger partial charge in [0, 0.05) is 0 Å². The fraction of sp³-hybridized carbons (Fsp3) is 0. The number of aromatic nitrogens is 2. The molecule has 0 aliphatic rings. The first-order valence-corrected chi connectivity index (χ1v) is 4.92. The number of nitrogens with zero attached hydrogens (tertiary/aromatic N) is 2. The topological polar surface area (TPSA) is 77.0 Å². The Hall–Kier alpha value is -1.11. The third-order valence-corrected chi connectivity index (χ3v) is 2.38. The summed E-state index contributed by atoms with van der Waals surface area (Å²) in [5, 5.41) is 10.7. The average molecular weight is 263 g/mol. The molecule has 0 saturated heterocycles. The Labute approximate surface area is 99.5 Å². The molecule has 15 heavy (non-hydrogen) atoms. The standard InChI is InChI=1S/C7H4Cl2N4OS/c8-2-1-3(9)5-6(13-14-12-5)4(2)11-7(10)15/h1H,(H3,10,11,15). The van der Waals surface area contributed by atoms with E-state index < -0.39 is 0 Å². The second-order valence-electron chi connectivity index (χ2n) is 2.67. The first-order chi connectivity index (χ1) is 7.09. The molecule has 0 saturated carbocycles. The molecule has 3 N–H and O–H groups in total. The third kappa shape index (κ3) is 1.83. The van der Waals surface area contributed by atoms with Crippen LogP contribution < -0.4 is 11.1 Å². The molecule has 1 aromatic carbocycles. The van der Waals surface area contributed by atoms with Crippen molar-refractivity contribution in [3.8, 4) is 0 Å². The summed E-state index contributed by atoms with van der Waals surface area (Å²) in [6.45, 7) is 0. The Morgan fingerprint density at radius 3 is 2.67 bits per heavy atom. The Balaban J connectivity index is 2.71. The summed E-state index contributed by atoms with van der Waals surface area (Å²) in [5.41, 5.74) is 6.57. The lowest BCUT2D eigenvalue weighted by molar-refractivity contribution is 0.315. The number of hydrogen-bond donors (Lipinski definition) is 2. The Kier molecular flexibility index (Phi) is 2.64. The molecule has 0 atom stereocenters. The minimum Gasteiger partial charge on any atom is -0.376 e. The van der Waals surface area contributed by atoms with Gasteiger partial charge in [-0.2, -0.15) is 0 Å². The molecule has 0 unspecified atom stereocenters. The maximum absolute atomic E-state index is 5.94. The second kappa shape index (κ2) is 3.80. The van der Waals surface area contributed by atoms with Crippen LogP contribution in [0.1, 0.15) is 0 Å². The number of benzene rings is 1. The quantitative estimate of drug-likeness (QED) is 0.768. The molecule has 2 aromatic rings. The van der Waals surface area contributed by atoms with Gasteiger partial charge in [-0.15, -0.1) is 0 Å². The van der Waals surface area contributed by atoms with Crippen molar-refractivity contribution in [1.82, 2.24) is 10.3 Å². The summed E-state index contributed by atoms with van der Waals surface area (Å²) in [5.74, 6) is 0. The van der Waals surface area contributed by atoms with Crippen molar-refractivity contribution < 1.29 is 4.63 Å². The summed E-state index contributed by atoms with van der Waals surface area (Å²) in [6, 6.07) is 1.51. The van der Waals surface area contributed by atoms with E-state index in [-0.39, 0.29) is 5.11 Å². The van der Waals surface area contributed by atoms with E-state index >= 15 is 0 Å². The lowest BCUT2D eigenvalue weighted by Crippen LogP contribution is -2.19. The molecule has 5 nitrogen and oxygen atoms in total. The molecule has 1 aromatic heterocycles. The van der Waals surface area contributed by atoms with Crippen LogP contribution in [-0.4, -0.2) is 15.4 Å². The second-order valence-corrected chi connectivity index (χ2v) is 3.92. The summed E-state index contributed by atoms with van der Waals surface area (Å²) in [6.07, 6.45) is 0. The highest BCUT2D eigenvalue weighted by atomic mass is 35.5. The molecule has 2 rings (SSSR count). The maximum Gasteiger partial charge on any atom is 0.168 e. The highest BCUT2D eigenvalue weighted by Gasteiger charge is 2.15. The van der Waals surface area contributed by atoms with Crippen LogP contribution in [0.5, 0.6) is 0 Å². The van der Waals surface area contributed by atoms with Gasteiger partial charge >= 0.3 is 0 Å². The van der Waals surface area contributed by atoms with Gasteiger partial charge in [0.2, 0.25) is 0 Å². The minimum atomic E-state index is 0.0727. The Bertz CT molecular complexity index is 541. The number of anilines is 1. The van der Waals surface area contributed by atoms with Gasteiger partial charge in [-0.3, -0.25) is 0 Å². The number of fused-ring (bicyclic) bond motifs is 1. The molecule has 0 aliphatic carbocycles. The summed E-state index contributed by atoms with van der Waals surface area (Å²) in [7, 11) is 0. The predicted molar refractivity (Wildman–Crippen MR) is 62.2 cm³/mol. The minimum absolute atomic E-state index is 0.0727. The van der Waals surface area contributed by atoms with Crippen LogP contribution in [0.4, 0.5) is 5.69 Å². The van der Waals surface area contributed by atoms with E-state index in [0.29, 0.717) is 26.8 Å². The third-order valence-electron chi connectivity index (χ3n) is 1.69. The van der Waals surface area contributed by atoms with Crippen molar-refractivity contribution in [2.24, 2.45) is 5.73 Å². The summed E-state index contributed by atoms with van der Waals surface area (Å²) < 4.78 is 4.56. The average Bonchev–Trinajstić information content (AvgIpc) is 2.60. The fourth-order valence-corrected chi connectivity index (χ4v) is 1.75. The highest BCUT2D eigenvalue weighted by Crippen LogP contribution is 2.34. The van der Waals surface area contributed by atoms with Gasteiger partial charge in [-0.1, -0.05) is 23.2 Å². The highest BCUT2D eigenvalue weighted by molar-refractivity contribution is 7.80. The Morgan fingerprint density at radius 2 is 2.00 bits per heavy atom. The molecule has 0 bridgehead atoms. The Morgan fingerprint density at radius 1 is 1.33 bits per heavy atom. The van der Waals surface area contributed by atoms with Crippen molar-refractivity contribution in [1.29, 1.82) is 0 Å². The van der Waals surface area contributed by atoms with E-state index in [1.807, 2.05) is 0 Å². The number of thiocarbonyl (C=S) groups is 1. The van der Waals surface area contributed by atoms with Crippen LogP contribution >= 0.6 is 35.4 Å². The summed E-state index contributed by atoms with van der Waals surface area (Å²) >= 11 is 16.5. The van der Waals surface area contributed by atoms with Crippen molar-refractivity contribution in [2.75, 3.05) is 5.32 Å². The molecule has 0 spiro atoms. The molecule has 78 valence electrons. The number of halogens is 2. The largest absolute Gasteiger partial charge is 0.376 e. The SMILES string of the molecule is NC(=S)Nc1c(Cl)cc(Cl)c2nonc12. The van der Waals surface area contributed by atoms with Crippen LogP contribution in [0.25, 0.3) is 11.0 Å². The van der Waals surface area contributed by atoms with Gasteiger partial charge in [0.25, 0.3) is 0 Å². The van der Waals surface area contributed by atoms with Crippen LogP contribution in [0.3, 0.4) is 0 Å². The lowest BCUT2D eigenvalue weighted by atomic mass is 10.2. The zero-order valence-corrected chi connectivity index (χ0v) is 9.45. The normalized spacial score (nSPS) is 10.5. The van der Waals surface area contributed by atoms with Gasteiger partial charge in [0.05, 0.1) is 15.7 Å². The van der Waals surface area contributed by atoms with Crippen molar-refractivity contribution in [2.45, 2.75) is 0 Å². The molecule has 0 aliphatic heterocycles. The van der Waals surface area contributed by atoms with Gasteiger partial charge < -0.3 is 11.1 Å². The van der Waals surface area contributed by atoms with Gasteiger partial charge in [0.15, 0.2) is 16.1 Å². The molecule has 8 heteroatoms. The van der Waals surface area contributed by atoms with E-state index in [1.54, 1.807) is 0 Å². The first kappa shape index (κ1) is 10.4. The fourth-order valence-electron chi connectivity index (χ4n) is 1.12. The monoisotopic (exact) mass is 262 g/mol. The molecule has 0 amide bonds. The predicted octanol–water partition coefficient (Wildman–Crippen LogP) is 2.19. The van der Waals surface area contributed by atoms with Crippen molar-refractivity contribution in [3.63, 3.8) is 0 Å². The van der Waals surface area contributed by atoms with E-state index in [2.05, 4.69) is 20.3 Å². The van der Waals surface area contributed by atoms with Crippen molar-refractivity contribution >= 4 is 57.3 Å². The van der Waals surface area contributed by atoms with Gasteiger partial charge in [-0.25, -0.2) is 4.63 Å². The zero-order chi connectivity index (χ0) is 11.0. The smallest absolute Gasteiger partial charge is 0.168 e. The van der Waals surface area contributed by atoms with Gasteiger partial charge in [0.1, 0.15) is 0 Å². The first-order valence-electron chi connectivity index (χ1n) is 3.76. The molecule has 0 radical (unpaired) electrons. The van der Waals surface area contributed by atoms with Crippen molar-refractivity contribution in [3.05, 3.63) is 16.1 Å². The van der Waals surface area contributed by atoms with Crippen LogP contribution in [0, 0.1) is 0 Å². The van der Waals surface area contributed by atoms with E-state index in [0.717, 1.165) is 0 Å². The van der Waals surface area contributed by atoms with E-state index in [1.165, 1.54) is 6.07 Å². The molecule has 1 heterocycles. The van der Waals surface area contributed by atoms with E-state index in [9.17, 15) is 0 Å². The molecular formula is C7H4Cl2N4OS. The van der Waals surface area contributed by atoms with Gasteiger partial charge in [-0.05, 0) is 28.6 Å². The van der Waals surface area contributed by atoms with Crippen LogP contribution in [0.15, 0.2) is 10.7 Å². The summed E-state index contributed by atoms with van der Waals surface area (Å²) in [4.78, 5) is 0. The number of hydrogen-bond acceptors (Lipinski definition) is 4.